The van der Waals surface area contributed by atoms with Crippen LogP contribution in [0.2, 0.25) is 0 Å². The van der Waals surface area contributed by atoms with Gasteiger partial charge in [0.15, 0.2) is 13.5 Å². The van der Waals surface area contributed by atoms with Gasteiger partial charge in [-0.25, -0.2) is 0 Å². The van der Waals surface area contributed by atoms with E-state index in [1.54, 1.807) is 14.2 Å². The Kier molecular flexibility index (Phi) is 22.8. The lowest BCUT2D eigenvalue weighted by Gasteiger charge is -2.33. The molecule has 0 aromatic rings. The number of ether oxygens (including phenoxy) is 8. The zero-order valence-electron chi connectivity index (χ0n) is 18.8. The highest BCUT2D eigenvalue weighted by molar-refractivity contribution is 4.50. The van der Waals surface area contributed by atoms with Gasteiger partial charge in [-0.3, -0.25) is 4.48 Å². The van der Waals surface area contributed by atoms with Crippen molar-refractivity contribution in [3.8, 4) is 0 Å². The van der Waals surface area contributed by atoms with Gasteiger partial charge in [-0.1, -0.05) is 0 Å². The van der Waals surface area contributed by atoms with Crippen LogP contribution in [0.25, 0.3) is 0 Å². The maximum absolute atomic E-state index is 5.86. The Labute approximate surface area is 199 Å². The summed E-state index contributed by atoms with van der Waals surface area (Å²) >= 11 is 0. The van der Waals surface area contributed by atoms with E-state index in [4.69, 9.17) is 37.9 Å². The Morgan fingerprint density at radius 1 is 0.467 bits per heavy atom. The van der Waals surface area contributed by atoms with Crippen molar-refractivity contribution in [2.75, 3.05) is 120 Å². The van der Waals surface area contributed by atoms with Crippen molar-refractivity contribution in [3.05, 3.63) is 0 Å². The third kappa shape index (κ3) is 17.0. The quantitative estimate of drug-likeness (QED) is 0.0863. The summed E-state index contributed by atoms with van der Waals surface area (Å²) in [5, 5.41) is 0. The summed E-state index contributed by atoms with van der Waals surface area (Å²) < 4.78 is 44.1. The third-order valence-corrected chi connectivity index (χ3v) is 4.60. The van der Waals surface area contributed by atoms with Crippen molar-refractivity contribution in [2.45, 2.75) is 12.8 Å². The molecular weight excluding hydrogens is 509 g/mol. The zero-order chi connectivity index (χ0) is 20.9. The minimum absolute atomic E-state index is 0. The normalized spacial score (nSPS) is 15.4. The minimum atomic E-state index is 0. The van der Waals surface area contributed by atoms with Gasteiger partial charge in [-0.15, -0.1) is 0 Å². The summed E-state index contributed by atoms with van der Waals surface area (Å²) in [5.41, 5.74) is 0. The maximum atomic E-state index is 5.86. The van der Waals surface area contributed by atoms with Crippen molar-refractivity contribution in [3.63, 3.8) is 0 Å². The van der Waals surface area contributed by atoms with Crippen molar-refractivity contribution in [1.29, 1.82) is 0 Å². The van der Waals surface area contributed by atoms with Crippen molar-refractivity contribution in [2.24, 2.45) is 0 Å². The molecule has 0 aromatic heterocycles. The molecule has 0 N–H and O–H groups in total. The largest absolute Gasteiger partial charge is 1.00 e. The summed E-state index contributed by atoms with van der Waals surface area (Å²) in [6.45, 7) is 10.6. The lowest BCUT2D eigenvalue weighted by atomic mass is 10.4. The predicted molar refractivity (Wildman–Crippen MR) is 108 cm³/mol. The molecule has 1 aliphatic rings. The van der Waals surface area contributed by atoms with E-state index in [1.807, 2.05) is 0 Å². The molecule has 30 heavy (non-hydrogen) atoms. The molecule has 0 saturated carbocycles. The number of quaternary nitrogens is 1. The molecule has 0 spiro atoms. The molecule has 0 aliphatic carbocycles. The molecule has 1 rings (SSSR count). The minimum Gasteiger partial charge on any atom is -1.00 e. The maximum Gasteiger partial charge on any atom is 0.185 e. The van der Waals surface area contributed by atoms with Crippen LogP contribution in [0.5, 0.6) is 0 Å². The van der Waals surface area contributed by atoms with E-state index < -0.39 is 0 Å². The Morgan fingerprint density at radius 2 is 0.767 bits per heavy atom. The van der Waals surface area contributed by atoms with Crippen LogP contribution >= 0.6 is 0 Å². The molecular formula is C20H42INO8. The van der Waals surface area contributed by atoms with E-state index in [1.165, 1.54) is 12.8 Å². The average Bonchev–Trinajstić information content (AvgIpc) is 3.20. The van der Waals surface area contributed by atoms with E-state index in [-0.39, 0.29) is 24.0 Å². The van der Waals surface area contributed by atoms with Crippen LogP contribution in [0.1, 0.15) is 12.8 Å². The number of halogens is 1. The summed E-state index contributed by atoms with van der Waals surface area (Å²) in [7, 11) is 3.32. The molecule has 1 fully saturated rings. The van der Waals surface area contributed by atoms with Crippen LogP contribution in [0.15, 0.2) is 0 Å². The lowest BCUT2D eigenvalue weighted by Crippen LogP contribution is -3.00. The highest BCUT2D eigenvalue weighted by atomic mass is 127. The summed E-state index contributed by atoms with van der Waals surface area (Å²) in [5.74, 6) is 0. The molecule has 0 amide bonds. The monoisotopic (exact) mass is 551 g/mol. The van der Waals surface area contributed by atoms with Gasteiger partial charge in [0, 0.05) is 27.1 Å². The molecule has 1 heterocycles. The number of hydrogen-bond acceptors (Lipinski definition) is 8. The van der Waals surface area contributed by atoms with E-state index >= 15 is 0 Å². The van der Waals surface area contributed by atoms with Gasteiger partial charge >= 0.3 is 0 Å². The van der Waals surface area contributed by atoms with E-state index in [9.17, 15) is 0 Å². The molecule has 1 aliphatic heterocycles. The van der Waals surface area contributed by atoms with Crippen molar-refractivity contribution in [1.82, 2.24) is 0 Å². The first-order chi connectivity index (χ1) is 14.3. The molecule has 0 atom stereocenters. The van der Waals surface area contributed by atoms with Crippen molar-refractivity contribution >= 4 is 0 Å². The molecule has 182 valence electrons. The summed E-state index contributed by atoms with van der Waals surface area (Å²) in [6.07, 6.45) is 2.44. The van der Waals surface area contributed by atoms with Crippen LogP contribution in [-0.2, 0) is 37.9 Å². The van der Waals surface area contributed by atoms with E-state index in [0.717, 1.165) is 17.6 Å². The number of likely N-dealkylation sites (tertiary alicyclic amines) is 1. The Bertz CT molecular complexity index is 323. The fourth-order valence-corrected chi connectivity index (χ4v) is 2.98. The molecule has 0 bridgehead atoms. The first-order valence-electron chi connectivity index (χ1n) is 10.6. The average molecular weight is 551 g/mol. The second-order valence-electron chi connectivity index (χ2n) is 7.01. The lowest BCUT2D eigenvalue weighted by molar-refractivity contribution is -0.952. The topological polar surface area (TPSA) is 73.8 Å². The van der Waals surface area contributed by atoms with Gasteiger partial charge in [0.25, 0.3) is 0 Å². The first-order valence-corrected chi connectivity index (χ1v) is 10.6. The number of hydrogen-bond donors (Lipinski definition) is 0. The van der Waals surface area contributed by atoms with Gasteiger partial charge in [0.1, 0.15) is 0 Å². The molecule has 0 aromatic carbocycles. The van der Waals surface area contributed by atoms with Crippen LogP contribution in [0, 0.1) is 0 Å². The SMILES string of the molecule is COCCOCCOCCOC[N+]1(COCCOCCOCCOC)CCCC1.[I-]. The Morgan fingerprint density at radius 3 is 1.10 bits per heavy atom. The van der Waals surface area contributed by atoms with Crippen LogP contribution in [0.3, 0.4) is 0 Å². The van der Waals surface area contributed by atoms with Gasteiger partial charge in [-0.05, 0) is 0 Å². The first kappa shape index (κ1) is 30.4. The standard InChI is InChI=1S/C20H42NO8.HI/c1-22-7-9-24-11-13-26-15-17-28-19-21(5-3-4-6-21)20-29-18-16-27-14-12-25-10-8-23-2;/h3-20H2,1-2H3;1H/q+1;/p-1. The number of rotatable bonds is 22. The predicted octanol–water partition coefficient (Wildman–Crippen LogP) is -2.09. The van der Waals surface area contributed by atoms with Crippen molar-refractivity contribution < 1.29 is 66.4 Å². The Hall–Kier alpha value is 0.370. The fraction of sp³-hybridized carbons (Fsp3) is 1.00. The van der Waals surface area contributed by atoms with Gasteiger partial charge in [0.05, 0.1) is 92.4 Å². The summed E-state index contributed by atoms with van der Waals surface area (Å²) in [4.78, 5) is 0. The van der Waals surface area contributed by atoms with Gasteiger partial charge in [0.2, 0.25) is 0 Å². The fourth-order valence-electron chi connectivity index (χ4n) is 2.98. The van der Waals surface area contributed by atoms with Crippen LogP contribution < -0.4 is 24.0 Å². The van der Waals surface area contributed by atoms with E-state index in [0.29, 0.717) is 92.7 Å². The zero-order valence-corrected chi connectivity index (χ0v) is 21.0. The smallest absolute Gasteiger partial charge is 0.185 e. The highest BCUT2D eigenvalue weighted by Gasteiger charge is 2.32. The van der Waals surface area contributed by atoms with Gasteiger partial charge < -0.3 is 61.9 Å². The molecule has 10 heteroatoms. The van der Waals surface area contributed by atoms with E-state index in [2.05, 4.69) is 0 Å². The van der Waals surface area contributed by atoms with Crippen LogP contribution in [0.4, 0.5) is 0 Å². The molecule has 0 radical (unpaired) electrons. The van der Waals surface area contributed by atoms with Gasteiger partial charge in [-0.2, -0.15) is 0 Å². The Balaban J connectivity index is 0.00000841. The third-order valence-electron chi connectivity index (χ3n) is 4.60. The summed E-state index contributed by atoms with van der Waals surface area (Å²) in [6, 6.07) is 0. The second kappa shape index (κ2) is 22.6. The number of nitrogens with zero attached hydrogens (tertiary/aromatic N) is 1. The highest BCUT2D eigenvalue weighted by Crippen LogP contribution is 2.19. The number of methoxy groups -OCH3 is 2. The molecule has 1 saturated heterocycles. The second-order valence-corrected chi connectivity index (χ2v) is 7.01. The molecule has 0 unspecified atom stereocenters. The van der Waals surface area contributed by atoms with Crippen LogP contribution in [-0.4, -0.2) is 125 Å². The molecule has 9 nitrogen and oxygen atoms in total.